The predicted octanol–water partition coefficient (Wildman–Crippen LogP) is 2.87. The molecule has 116 valence electrons. The second kappa shape index (κ2) is 7.46. The highest BCUT2D eigenvalue weighted by Gasteiger charge is 2.28. The monoisotopic (exact) mass is 291 g/mol. The van der Waals surface area contributed by atoms with Crippen molar-refractivity contribution in [2.24, 2.45) is 0 Å². The molecule has 4 nitrogen and oxygen atoms in total. The predicted molar refractivity (Wildman–Crippen MR) is 82.6 cm³/mol. The summed E-state index contributed by atoms with van der Waals surface area (Å²) in [5, 5.41) is 3.30. The van der Waals surface area contributed by atoms with Crippen molar-refractivity contribution in [2.45, 2.75) is 51.1 Å². The molecule has 0 bridgehead atoms. The van der Waals surface area contributed by atoms with Gasteiger partial charge in [-0.2, -0.15) is 0 Å². The van der Waals surface area contributed by atoms with Crippen LogP contribution in [0.1, 0.15) is 44.6 Å². The van der Waals surface area contributed by atoms with E-state index in [0.29, 0.717) is 25.0 Å². The third-order valence-electron chi connectivity index (χ3n) is 3.72. The first kappa shape index (κ1) is 15.8. The molecule has 0 saturated heterocycles. The smallest absolute Gasteiger partial charge is 0.322 e. The van der Waals surface area contributed by atoms with Gasteiger partial charge in [-0.25, -0.2) is 0 Å². The fraction of sp³-hybridized carbons (Fsp3) is 0.588. The molecule has 1 saturated carbocycles. The van der Waals surface area contributed by atoms with Crippen LogP contribution in [0, 0.1) is 0 Å². The van der Waals surface area contributed by atoms with E-state index in [0.717, 1.165) is 18.6 Å². The summed E-state index contributed by atoms with van der Waals surface area (Å²) in [6, 6.07) is 8.34. The first-order valence-corrected chi connectivity index (χ1v) is 7.66. The highest BCUT2D eigenvalue weighted by molar-refractivity contribution is 5.75. The van der Waals surface area contributed by atoms with Crippen LogP contribution in [0.25, 0.3) is 0 Å². The number of esters is 1. The van der Waals surface area contributed by atoms with Crippen LogP contribution in [0.15, 0.2) is 24.3 Å². The number of carbonyl (C=O) groups excluding carboxylic acids is 1. The normalized spacial score (nSPS) is 15.8. The molecule has 0 heterocycles. The maximum absolute atomic E-state index is 11.7. The van der Waals surface area contributed by atoms with Crippen LogP contribution >= 0.6 is 0 Å². The van der Waals surface area contributed by atoms with Crippen LogP contribution in [0.4, 0.5) is 0 Å². The van der Waals surface area contributed by atoms with Crippen molar-refractivity contribution in [3.05, 3.63) is 29.8 Å². The highest BCUT2D eigenvalue weighted by Crippen LogP contribution is 2.21. The van der Waals surface area contributed by atoms with Crippen molar-refractivity contribution in [3.8, 4) is 5.75 Å². The molecular weight excluding hydrogens is 266 g/mol. The molecule has 0 aromatic heterocycles. The van der Waals surface area contributed by atoms with Gasteiger partial charge in [0.15, 0.2) is 0 Å². The fourth-order valence-electron chi connectivity index (χ4n) is 2.19. The molecule has 1 atom stereocenters. The van der Waals surface area contributed by atoms with Gasteiger partial charge in [0.1, 0.15) is 11.8 Å². The van der Waals surface area contributed by atoms with Crippen molar-refractivity contribution in [2.75, 3.05) is 13.7 Å². The van der Waals surface area contributed by atoms with E-state index in [-0.39, 0.29) is 12.0 Å². The number of carbonyl (C=O) groups is 1. The molecule has 0 spiro atoms. The van der Waals surface area contributed by atoms with E-state index in [4.69, 9.17) is 9.47 Å². The lowest BCUT2D eigenvalue weighted by atomic mass is 10.0. The summed E-state index contributed by atoms with van der Waals surface area (Å²) in [5.74, 6) is 1.15. The van der Waals surface area contributed by atoms with Gasteiger partial charge in [-0.1, -0.05) is 26.0 Å². The molecule has 1 unspecified atom stereocenters. The lowest BCUT2D eigenvalue weighted by Crippen LogP contribution is -2.40. The van der Waals surface area contributed by atoms with Crippen molar-refractivity contribution in [1.29, 1.82) is 0 Å². The first-order chi connectivity index (χ1) is 10.1. The third kappa shape index (κ3) is 5.05. The molecule has 4 heteroatoms. The summed E-state index contributed by atoms with van der Waals surface area (Å²) >= 11 is 0. The summed E-state index contributed by atoms with van der Waals surface area (Å²) in [6.45, 7) is 4.83. The number of hydrogen-bond donors (Lipinski definition) is 1. The summed E-state index contributed by atoms with van der Waals surface area (Å²) in [5.41, 5.74) is 1.30. The molecule has 2 rings (SSSR count). The van der Waals surface area contributed by atoms with Crippen molar-refractivity contribution < 1.29 is 14.3 Å². The van der Waals surface area contributed by atoms with E-state index in [1.165, 1.54) is 12.7 Å². The number of hydrogen-bond acceptors (Lipinski definition) is 4. The van der Waals surface area contributed by atoms with Crippen LogP contribution in [0.5, 0.6) is 5.75 Å². The number of benzene rings is 1. The molecule has 1 aliphatic rings. The van der Waals surface area contributed by atoms with Gasteiger partial charge in [0, 0.05) is 12.5 Å². The maximum atomic E-state index is 11.7. The highest BCUT2D eigenvalue weighted by atomic mass is 16.5. The number of rotatable bonds is 8. The zero-order valence-corrected chi connectivity index (χ0v) is 13.1. The Hall–Kier alpha value is -1.55. The molecule has 0 aliphatic heterocycles. The molecule has 1 N–H and O–H groups in total. The Bertz CT molecular complexity index is 452. The first-order valence-electron chi connectivity index (χ1n) is 7.66. The summed E-state index contributed by atoms with van der Waals surface area (Å²) in [4.78, 5) is 11.7. The molecule has 21 heavy (non-hydrogen) atoms. The van der Waals surface area contributed by atoms with E-state index >= 15 is 0 Å². The third-order valence-corrected chi connectivity index (χ3v) is 3.72. The quantitative estimate of drug-likeness (QED) is 0.748. The summed E-state index contributed by atoms with van der Waals surface area (Å²) in [7, 11) is 1.43. The largest absolute Gasteiger partial charge is 0.494 e. The lowest BCUT2D eigenvalue weighted by molar-refractivity contribution is -0.143. The Morgan fingerprint density at radius 1 is 1.29 bits per heavy atom. The number of methoxy groups -OCH3 is 1. The molecular formula is C17H25NO3. The van der Waals surface area contributed by atoms with E-state index in [1.54, 1.807) is 0 Å². The Labute approximate surface area is 126 Å². The maximum Gasteiger partial charge on any atom is 0.322 e. The van der Waals surface area contributed by atoms with Gasteiger partial charge in [0.05, 0.1) is 13.7 Å². The molecule has 0 amide bonds. The van der Waals surface area contributed by atoms with Crippen LogP contribution < -0.4 is 10.1 Å². The minimum absolute atomic E-state index is 0.208. The standard InChI is InChI=1S/C17H25NO3/c1-12(2)13-4-8-15(9-5-13)21-11-10-16(17(19)20-3)18-14-6-7-14/h4-5,8-9,12,14,16,18H,6-7,10-11H2,1-3H3. The Morgan fingerprint density at radius 2 is 1.95 bits per heavy atom. The Morgan fingerprint density at radius 3 is 2.48 bits per heavy atom. The van der Waals surface area contributed by atoms with E-state index in [1.807, 2.05) is 12.1 Å². The molecule has 1 aliphatic carbocycles. The van der Waals surface area contributed by atoms with E-state index in [2.05, 4.69) is 31.3 Å². The van der Waals surface area contributed by atoms with Crippen molar-refractivity contribution in [1.82, 2.24) is 5.32 Å². The van der Waals surface area contributed by atoms with Crippen LogP contribution in [-0.2, 0) is 9.53 Å². The minimum atomic E-state index is -0.266. The van der Waals surface area contributed by atoms with Gasteiger partial charge < -0.3 is 14.8 Å². The summed E-state index contributed by atoms with van der Waals surface area (Å²) in [6.07, 6.45) is 2.91. The molecule has 1 aromatic carbocycles. The van der Waals surface area contributed by atoms with Gasteiger partial charge in [-0.3, -0.25) is 4.79 Å². The molecule has 1 aromatic rings. The second-order valence-electron chi connectivity index (χ2n) is 5.88. The van der Waals surface area contributed by atoms with Crippen LogP contribution in [0.3, 0.4) is 0 Å². The zero-order chi connectivity index (χ0) is 15.2. The Kier molecular flexibility index (Phi) is 5.62. The summed E-state index contributed by atoms with van der Waals surface area (Å²) < 4.78 is 10.5. The van der Waals surface area contributed by atoms with E-state index in [9.17, 15) is 4.79 Å². The van der Waals surface area contributed by atoms with Gasteiger partial charge in [0.25, 0.3) is 0 Å². The van der Waals surface area contributed by atoms with Gasteiger partial charge in [-0.05, 0) is 36.5 Å². The van der Waals surface area contributed by atoms with Crippen molar-refractivity contribution >= 4 is 5.97 Å². The van der Waals surface area contributed by atoms with Crippen LogP contribution in [-0.4, -0.2) is 31.8 Å². The molecule has 0 radical (unpaired) electrons. The molecule has 1 fully saturated rings. The van der Waals surface area contributed by atoms with Gasteiger partial charge >= 0.3 is 5.97 Å². The van der Waals surface area contributed by atoms with Crippen molar-refractivity contribution in [3.63, 3.8) is 0 Å². The lowest BCUT2D eigenvalue weighted by Gasteiger charge is -2.16. The zero-order valence-electron chi connectivity index (χ0n) is 13.1. The number of ether oxygens (including phenoxy) is 2. The average Bonchev–Trinajstić information content (AvgIpc) is 3.30. The fourth-order valence-corrected chi connectivity index (χ4v) is 2.19. The Balaban J connectivity index is 1.79. The second-order valence-corrected chi connectivity index (χ2v) is 5.88. The SMILES string of the molecule is COC(=O)C(CCOc1ccc(C(C)C)cc1)NC1CC1. The average molecular weight is 291 g/mol. The topological polar surface area (TPSA) is 47.6 Å². The van der Waals surface area contributed by atoms with Gasteiger partial charge in [-0.15, -0.1) is 0 Å². The van der Waals surface area contributed by atoms with E-state index < -0.39 is 0 Å². The van der Waals surface area contributed by atoms with Crippen LogP contribution in [0.2, 0.25) is 0 Å². The number of nitrogens with one attached hydrogen (secondary N) is 1. The van der Waals surface area contributed by atoms with Gasteiger partial charge in [0.2, 0.25) is 0 Å². The minimum Gasteiger partial charge on any atom is -0.494 e.